The number of hydrogen-bond acceptors (Lipinski definition) is 2. The molecule has 0 saturated heterocycles. The smallest absolute Gasteiger partial charge is 0.125 e. The second-order valence-corrected chi connectivity index (χ2v) is 3.46. The van der Waals surface area contributed by atoms with Gasteiger partial charge in [-0.3, -0.25) is 0 Å². The fourth-order valence-electron chi connectivity index (χ4n) is 1.37. The van der Waals surface area contributed by atoms with Gasteiger partial charge in [-0.1, -0.05) is 11.6 Å². The van der Waals surface area contributed by atoms with Crippen molar-refractivity contribution >= 4 is 11.6 Å². The molecule has 0 saturated carbocycles. The van der Waals surface area contributed by atoms with Crippen LogP contribution in [-0.2, 0) is 0 Å². The van der Waals surface area contributed by atoms with Crippen molar-refractivity contribution in [2.24, 2.45) is 5.73 Å². The summed E-state index contributed by atoms with van der Waals surface area (Å²) in [7, 11) is 0. The zero-order valence-electron chi connectivity index (χ0n) is 6.80. The molecule has 64 valence electrons. The monoisotopic (exact) mass is 183 g/mol. The second kappa shape index (κ2) is 2.64. The van der Waals surface area contributed by atoms with E-state index in [-0.39, 0.29) is 6.04 Å². The summed E-state index contributed by atoms with van der Waals surface area (Å²) < 4.78 is 5.34. The Morgan fingerprint density at radius 2 is 2.33 bits per heavy atom. The Balaban J connectivity index is 2.56. The molecule has 0 aromatic heterocycles. The van der Waals surface area contributed by atoms with E-state index in [2.05, 4.69) is 0 Å². The van der Waals surface area contributed by atoms with Crippen molar-refractivity contribution in [3.05, 3.63) is 28.3 Å². The zero-order valence-corrected chi connectivity index (χ0v) is 7.56. The van der Waals surface area contributed by atoms with Gasteiger partial charge in [-0.15, -0.1) is 0 Å². The molecule has 1 aliphatic rings. The van der Waals surface area contributed by atoms with Crippen LogP contribution in [0.4, 0.5) is 0 Å². The van der Waals surface area contributed by atoms with Crippen LogP contribution in [0.25, 0.3) is 0 Å². The summed E-state index contributed by atoms with van der Waals surface area (Å²) in [6.07, 6.45) is 0. The predicted octanol–water partition coefficient (Wildman–Crippen LogP) is 2.04. The third-order valence-electron chi connectivity index (χ3n) is 2.11. The van der Waals surface area contributed by atoms with Gasteiger partial charge in [-0.05, 0) is 24.6 Å². The van der Waals surface area contributed by atoms with Crippen molar-refractivity contribution in [1.82, 2.24) is 0 Å². The number of fused-ring (bicyclic) bond motifs is 1. The first-order valence-electron chi connectivity index (χ1n) is 3.87. The molecule has 0 bridgehead atoms. The van der Waals surface area contributed by atoms with E-state index < -0.39 is 0 Å². The molecule has 2 nitrogen and oxygen atoms in total. The van der Waals surface area contributed by atoms with Gasteiger partial charge in [0.05, 0.1) is 6.04 Å². The van der Waals surface area contributed by atoms with Crippen LogP contribution in [0, 0.1) is 6.92 Å². The summed E-state index contributed by atoms with van der Waals surface area (Å²) in [6.45, 7) is 2.53. The summed E-state index contributed by atoms with van der Waals surface area (Å²) >= 11 is 5.92. The molecule has 1 aliphatic heterocycles. The van der Waals surface area contributed by atoms with Crippen LogP contribution in [0.2, 0.25) is 5.02 Å². The highest BCUT2D eigenvalue weighted by Gasteiger charge is 2.21. The van der Waals surface area contributed by atoms with Crippen molar-refractivity contribution < 1.29 is 4.74 Å². The number of rotatable bonds is 0. The largest absolute Gasteiger partial charge is 0.491 e. The van der Waals surface area contributed by atoms with E-state index in [4.69, 9.17) is 22.1 Å². The topological polar surface area (TPSA) is 35.2 Å². The van der Waals surface area contributed by atoms with Crippen LogP contribution in [0.3, 0.4) is 0 Å². The van der Waals surface area contributed by atoms with Crippen molar-refractivity contribution in [2.75, 3.05) is 6.61 Å². The van der Waals surface area contributed by atoms with Gasteiger partial charge in [0.15, 0.2) is 0 Å². The standard InChI is InChI=1S/C9H10ClNO/c1-5-2-6-8(11)4-12-9(6)3-7(5)10/h2-3,8H,4,11H2,1H3. The van der Waals surface area contributed by atoms with Crippen molar-refractivity contribution in [3.8, 4) is 5.75 Å². The summed E-state index contributed by atoms with van der Waals surface area (Å²) in [4.78, 5) is 0. The summed E-state index contributed by atoms with van der Waals surface area (Å²) in [5.41, 5.74) is 7.92. The summed E-state index contributed by atoms with van der Waals surface area (Å²) in [5, 5.41) is 0.739. The highest BCUT2D eigenvalue weighted by Crippen LogP contribution is 2.34. The molecular weight excluding hydrogens is 174 g/mol. The molecule has 3 heteroatoms. The lowest BCUT2D eigenvalue weighted by molar-refractivity contribution is 0.333. The fourth-order valence-corrected chi connectivity index (χ4v) is 1.52. The van der Waals surface area contributed by atoms with Crippen LogP contribution in [0.1, 0.15) is 17.2 Å². The molecule has 2 rings (SSSR count). The van der Waals surface area contributed by atoms with Gasteiger partial charge in [0, 0.05) is 10.6 Å². The van der Waals surface area contributed by atoms with Gasteiger partial charge in [-0.2, -0.15) is 0 Å². The van der Waals surface area contributed by atoms with Gasteiger partial charge in [0.25, 0.3) is 0 Å². The molecule has 0 fully saturated rings. The molecule has 1 aromatic rings. The predicted molar refractivity (Wildman–Crippen MR) is 48.6 cm³/mol. The highest BCUT2D eigenvalue weighted by molar-refractivity contribution is 6.31. The SMILES string of the molecule is Cc1cc2c(cc1Cl)OCC2N. The minimum atomic E-state index is 0.0102. The van der Waals surface area contributed by atoms with Crippen LogP contribution in [-0.4, -0.2) is 6.61 Å². The third kappa shape index (κ3) is 1.08. The van der Waals surface area contributed by atoms with E-state index >= 15 is 0 Å². The molecule has 1 atom stereocenters. The molecule has 1 unspecified atom stereocenters. The molecule has 0 amide bonds. The number of nitrogens with two attached hydrogens (primary N) is 1. The Bertz CT molecular complexity index is 325. The van der Waals surface area contributed by atoms with Gasteiger partial charge < -0.3 is 10.5 Å². The lowest BCUT2D eigenvalue weighted by Gasteiger charge is -2.03. The lowest BCUT2D eigenvalue weighted by atomic mass is 10.1. The average molecular weight is 184 g/mol. The van der Waals surface area contributed by atoms with E-state index in [0.717, 1.165) is 21.9 Å². The zero-order chi connectivity index (χ0) is 8.72. The molecular formula is C9H10ClNO. The number of benzene rings is 1. The molecule has 1 aromatic carbocycles. The molecule has 0 spiro atoms. The van der Waals surface area contributed by atoms with E-state index in [1.54, 1.807) is 0 Å². The Hall–Kier alpha value is -0.730. The number of ether oxygens (including phenoxy) is 1. The van der Waals surface area contributed by atoms with Gasteiger partial charge in [0.2, 0.25) is 0 Å². The number of hydrogen-bond donors (Lipinski definition) is 1. The minimum Gasteiger partial charge on any atom is -0.491 e. The Labute approximate surface area is 76.3 Å². The Morgan fingerprint density at radius 1 is 1.58 bits per heavy atom. The Kier molecular flexibility index (Phi) is 1.74. The van der Waals surface area contributed by atoms with Gasteiger partial charge >= 0.3 is 0 Å². The first-order chi connectivity index (χ1) is 5.68. The summed E-state index contributed by atoms with van der Waals surface area (Å²) in [6, 6.07) is 3.84. The fraction of sp³-hybridized carbons (Fsp3) is 0.333. The third-order valence-corrected chi connectivity index (χ3v) is 2.52. The average Bonchev–Trinajstić information content (AvgIpc) is 2.35. The van der Waals surface area contributed by atoms with Crippen LogP contribution in [0.15, 0.2) is 12.1 Å². The van der Waals surface area contributed by atoms with Gasteiger partial charge in [0.1, 0.15) is 12.4 Å². The van der Waals surface area contributed by atoms with Gasteiger partial charge in [-0.25, -0.2) is 0 Å². The number of aryl methyl sites for hydroxylation is 1. The van der Waals surface area contributed by atoms with Crippen LogP contribution >= 0.6 is 11.6 Å². The second-order valence-electron chi connectivity index (χ2n) is 3.06. The van der Waals surface area contributed by atoms with Crippen molar-refractivity contribution in [1.29, 1.82) is 0 Å². The lowest BCUT2D eigenvalue weighted by Crippen LogP contribution is -2.10. The van der Waals surface area contributed by atoms with Crippen LogP contribution in [0.5, 0.6) is 5.75 Å². The maximum absolute atomic E-state index is 5.92. The van der Waals surface area contributed by atoms with E-state index in [1.807, 2.05) is 19.1 Å². The normalized spacial score (nSPS) is 20.4. The molecule has 0 aliphatic carbocycles. The summed E-state index contributed by atoms with van der Waals surface area (Å²) in [5.74, 6) is 0.832. The highest BCUT2D eigenvalue weighted by atomic mass is 35.5. The first-order valence-corrected chi connectivity index (χ1v) is 4.24. The van der Waals surface area contributed by atoms with E-state index in [0.29, 0.717) is 6.61 Å². The van der Waals surface area contributed by atoms with Crippen LogP contribution < -0.4 is 10.5 Å². The molecule has 0 radical (unpaired) electrons. The first kappa shape index (κ1) is 7.90. The van der Waals surface area contributed by atoms with Crippen molar-refractivity contribution in [2.45, 2.75) is 13.0 Å². The molecule has 1 heterocycles. The molecule has 12 heavy (non-hydrogen) atoms. The maximum atomic E-state index is 5.92. The van der Waals surface area contributed by atoms with Crippen molar-refractivity contribution in [3.63, 3.8) is 0 Å². The quantitative estimate of drug-likeness (QED) is 0.668. The minimum absolute atomic E-state index is 0.0102. The van der Waals surface area contributed by atoms with E-state index in [9.17, 15) is 0 Å². The van der Waals surface area contributed by atoms with E-state index in [1.165, 1.54) is 0 Å². The Morgan fingerprint density at radius 3 is 3.08 bits per heavy atom. The number of halogens is 1. The molecule has 2 N–H and O–H groups in total. The maximum Gasteiger partial charge on any atom is 0.125 e.